The molecule has 12 heteroatoms. The van der Waals surface area contributed by atoms with Crippen LogP contribution in [0.5, 0.6) is 0 Å². The van der Waals surface area contributed by atoms with Crippen molar-refractivity contribution in [2.75, 3.05) is 26.7 Å². The van der Waals surface area contributed by atoms with Crippen molar-refractivity contribution in [3.63, 3.8) is 0 Å². The average Bonchev–Trinajstić information content (AvgIpc) is 3.36. The molecule has 1 aromatic heterocycles. The number of hydrogen-bond acceptors (Lipinski definition) is 8. The number of nitrogens with zero attached hydrogens (tertiary/aromatic N) is 2. The smallest absolute Gasteiger partial charge is 0.243 e. The van der Waals surface area contributed by atoms with Crippen LogP contribution in [0.4, 0.5) is 0 Å². The molecule has 0 radical (unpaired) electrons. The van der Waals surface area contributed by atoms with Crippen molar-refractivity contribution in [1.82, 2.24) is 25.2 Å². The number of sulfonamides is 1. The summed E-state index contributed by atoms with van der Waals surface area (Å²) in [6, 6.07) is 12.5. The van der Waals surface area contributed by atoms with Crippen LogP contribution in [-0.2, 0) is 26.0 Å². The van der Waals surface area contributed by atoms with Gasteiger partial charge in [0.2, 0.25) is 21.8 Å². The predicted octanol–water partition coefficient (Wildman–Crippen LogP) is 1.76. The first-order valence-electron chi connectivity index (χ1n) is 12.8. The molecule has 0 saturated heterocycles. The molecule has 0 saturated carbocycles. The van der Waals surface area contributed by atoms with E-state index < -0.39 is 34.1 Å². The summed E-state index contributed by atoms with van der Waals surface area (Å²) in [5, 5.41) is 19.5. The number of aliphatic hydroxyl groups is 1. The highest BCUT2D eigenvalue weighted by atomic mass is 32.2. The number of aromatic nitrogens is 1. The SMILES string of the molecule is CNCC(=O)NC(C)C(=O)NC(Cc1ccccc1)C(O)CN(CC(C)C)S(=O)(=O)c1ccc2ncsc2c1. The van der Waals surface area contributed by atoms with Crippen LogP contribution in [0.15, 0.2) is 58.9 Å². The number of carbonyl (C=O) groups excluding carboxylic acids is 2. The van der Waals surface area contributed by atoms with Crippen molar-refractivity contribution in [2.24, 2.45) is 5.92 Å². The van der Waals surface area contributed by atoms with Crippen LogP contribution in [0, 0.1) is 5.92 Å². The average molecular weight is 576 g/mol. The zero-order chi connectivity index (χ0) is 28.6. The third-order valence-corrected chi connectivity index (χ3v) is 8.72. The fourth-order valence-electron chi connectivity index (χ4n) is 4.14. The molecule has 10 nitrogen and oxygen atoms in total. The molecule has 3 aromatic rings. The molecular formula is C27H37N5O5S2. The zero-order valence-corrected chi connectivity index (χ0v) is 24.3. The molecule has 4 N–H and O–H groups in total. The third-order valence-electron chi connectivity index (χ3n) is 6.10. The summed E-state index contributed by atoms with van der Waals surface area (Å²) < 4.78 is 29.5. The van der Waals surface area contributed by atoms with Crippen molar-refractivity contribution >= 4 is 43.4 Å². The van der Waals surface area contributed by atoms with Gasteiger partial charge in [0.15, 0.2) is 0 Å². The Morgan fingerprint density at radius 3 is 2.44 bits per heavy atom. The summed E-state index contributed by atoms with van der Waals surface area (Å²) >= 11 is 1.36. The minimum atomic E-state index is -3.96. The van der Waals surface area contributed by atoms with Crippen molar-refractivity contribution in [1.29, 1.82) is 0 Å². The number of carbonyl (C=O) groups is 2. The Labute approximate surface area is 233 Å². The first kappa shape index (κ1) is 30.6. The van der Waals surface area contributed by atoms with Gasteiger partial charge in [0.25, 0.3) is 0 Å². The van der Waals surface area contributed by atoms with Crippen LogP contribution < -0.4 is 16.0 Å². The molecule has 0 aliphatic rings. The van der Waals surface area contributed by atoms with E-state index >= 15 is 0 Å². The topological polar surface area (TPSA) is 141 Å². The van der Waals surface area contributed by atoms with Gasteiger partial charge in [-0.3, -0.25) is 9.59 Å². The van der Waals surface area contributed by atoms with Crippen LogP contribution >= 0.6 is 11.3 Å². The quantitative estimate of drug-likeness (QED) is 0.230. The maximum absolute atomic E-state index is 13.7. The molecular weight excluding hydrogens is 538 g/mol. The van der Waals surface area contributed by atoms with Crippen LogP contribution in [0.2, 0.25) is 0 Å². The number of nitrogens with one attached hydrogen (secondary N) is 3. The first-order chi connectivity index (χ1) is 18.5. The number of rotatable bonds is 14. The van der Waals surface area contributed by atoms with Gasteiger partial charge in [0.05, 0.1) is 39.3 Å². The summed E-state index contributed by atoms with van der Waals surface area (Å²) in [7, 11) is -2.33. The zero-order valence-electron chi connectivity index (χ0n) is 22.6. The van der Waals surface area contributed by atoms with Gasteiger partial charge in [-0.25, -0.2) is 13.4 Å². The molecule has 3 rings (SSSR count). The maximum atomic E-state index is 13.7. The predicted molar refractivity (Wildman–Crippen MR) is 153 cm³/mol. The van der Waals surface area contributed by atoms with Gasteiger partial charge in [0.1, 0.15) is 6.04 Å². The lowest BCUT2D eigenvalue weighted by Crippen LogP contribution is -2.55. The molecule has 0 aliphatic heterocycles. The molecule has 0 bridgehead atoms. The number of amides is 2. The second kappa shape index (κ2) is 13.9. The van der Waals surface area contributed by atoms with Gasteiger partial charge >= 0.3 is 0 Å². The number of fused-ring (bicyclic) bond motifs is 1. The van der Waals surface area contributed by atoms with E-state index in [1.807, 2.05) is 44.2 Å². The molecule has 2 aromatic carbocycles. The Morgan fingerprint density at radius 2 is 1.77 bits per heavy atom. The number of likely N-dealkylation sites (N-methyl/N-ethyl adjacent to an activating group) is 1. The highest BCUT2D eigenvalue weighted by Crippen LogP contribution is 2.25. The lowest BCUT2D eigenvalue weighted by molar-refractivity contribution is -0.129. The fourth-order valence-corrected chi connectivity index (χ4v) is 6.58. The van der Waals surface area contributed by atoms with Crippen molar-refractivity contribution < 1.29 is 23.1 Å². The molecule has 212 valence electrons. The van der Waals surface area contributed by atoms with Crippen LogP contribution in [0.25, 0.3) is 10.2 Å². The van der Waals surface area contributed by atoms with Gasteiger partial charge in [-0.2, -0.15) is 4.31 Å². The Kier molecular flexibility index (Phi) is 11.0. The van der Waals surface area contributed by atoms with Crippen molar-refractivity contribution in [3.05, 3.63) is 59.6 Å². The number of hydrogen-bond donors (Lipinski definition) is 4. The van der Waals surface area contributed by atoms with Gasteiger partial charge in [-0.15, -0.1) is 11.3 Å². The lowest BCUT2D eigenvalue weighted by Gasteiger charge is -2.31. The van der Waals surface area contributed by atoms with Crippen molar-refractivity contribution in [3.8, 4) is 0 Å². The van der Waals surface area contributed by atoms with E-state index in [9.17, 15) is 23.1 Å². The number of benzene rings is 2. The highest BCUT2D eigenvalue weighted by Gasteiger charge is 2.32. The Balaban J connectivity index is 1.85. The summed E-state index contributed by atoms with van der Waals surface area (Å²) in [4.78, 5) is 29.3. The Hall–Kier alpha value is -2.90. The van der Waals surface area contributed by atoms with E-state index in [1.54, 1.807) is 31.6 Å². The van der Waals surface area contributed by atoms with E-state index in [0.717, 1.165) is 15.8 Å². The summed E-state index contributed by atoms with van der Waals surface area (Å²) in [5.74, 6) is -0.829. The van der Waals surface area contributed by atoms with E-state index in [0.29, 0.717) is 0 Å². The molecule has 0 spiro atoms. The number of aliphatic hydroxyl groups excluding tert-OH is 1. The maximum Gasteiger partial charge on any atom is 0.243 e. The molecule has 2 amide bonds. The van der Waals surface area contributed by atoms with Gasteiger partial charge < -0.3 is 21.1 Å². The second-order valence-corrected chi connectivity index (χ2v) is 12.7. The first-order valence-corrected chi connectivity index (χ1v) is 15.1. The molecule has 1 heterocycles. The summed E-state index contributed by atoms with van der Waals surface area (Å²) in [6.45, 7) is 5.38. The Bertz CT molecular complexity index is 1350. The fraction of sp³-hybridized carbons (Fsp3) is 0.444. The Morgan fingerprint density at radius 1 is 1.05 bits per heavy atom. The molecule has 0 fully saturated rings. The molecule has 3 unspecified atom stereocenters. The van der Waals surface area contributed by atoms with Crippen LogP contribution in [-0.4, -0.2) is 79.5 Å². The van der Waals surface area contributed by atoms with Crippen LogP contribution in [0.3, 0.4) is 0 Å². The van der Waals surface area contributed by atoms with E-state index in [-0.39, 0.29) is 42.8 Å². The normalized spacial score (nSPS) is 14.3. The van der Waals surface area contributed by atoms with Gasteiger partial charge in [-0.1, -0.05) is 44.2 Å². The van der Waals surface area contributed by atoms with Gasteiger partial charge in [0, 0.05) is 13.1 Å². The van der Waals surface area contributed by atoms with Crippen LogP contribution in [0.1, 0.15) is 26.3 Å². The summed E-state index contributed by atoms with van der Waals surface area (Å²) in [6.07, 6.45) is -0.956. The molecule has 3 atom stereocenters. The lowest BCUT2D eigenvalue weighted by atomic mass is 10.0. The monoisotopic (exact) mass is 575 g/mol. The highest BCUT2D eigenvalue weighted by molar-refractivity contribution is 7.89. The van der Waals surface area contributed by atoms with Gasteiger partial charge in [-0.05, 0) is 50.1 Å². The van der Waals surface area contributed by atoms with E-state index in [1.165, 1.54) is 21.7 Å². The molecule has 0 aliphatic carbocycles. The second-order valence-electron chi connectivity index (χ2n) is 9.89. The minimum absolute atomic E-state index is 0.0105. The third kappa shape index (κ3) is 8.54. The minimum Gasteiger partial charge on any atom is -0.390 e. The largest absolute Gasteiger partial charge is 0.390 e. The standard InChI is InChI=1S/C27H37N5O5S2/c1-18(2)15-32(39(36,37)21-10-11-22-25(13-21)38-17-29-22)16-24(33)23(12-20-8-6-5-7-9-20)31-27(35)19(3)30-26(34)14-28-4/h5-11,13,17-19,23-24,28,33H,12,14-16H2,1-4H3,(H,30,34)(H,31,35). The number of thiazole rings is 1. The van der Waals surface area contributed by atoms with E-state index in [2.05, 4.69) is 20.9 Å². The molecule has 39 heavy (non-hydrogen) atoms. The van der Waals surface area contributed by atoms with Crippen molar-refractivity contribution in [2.45, 2.75) is 50.3 Å². The van der Waals surface area contributed by atoms with E-state index in [4.69, 9.17) is 0 Å². The summed E-state index contributed by atoms with van der Waals surface area (Å²) in [5.41, 5.74) is 3.24.